The molecule has 0 spiro atoms. The lowest BCUT2D eigenvalue weighted by molar-refractivity contribution is 0.243. The van der Waals surface area contributed by atoms with Gasteiger partial charge in [0, 0.05) is 12.6 Å². The fraction of sp³-hybridized carbons (Fsp3) is 0.625. The summed E-state index contributed by atoms with van der Waals surface area (Å²) in [5.41, 5.74) is 7.53. The minimum atomic E-state index is 0.432. The highest BCUT2D eigenvalue weighted by Crippen LogP contribution is 2.13. The lowest BCUT2D eigenvalue weighted by Crippen LogP contribution is -2.29. The van der Waals surface area contributed by atoms with Gasteiger partial charge in [0.15, 0.2) is 0 Å². The molecule has 100 valence electrons. The SMILES string of the molecule is NC1CCCCCN(Cc2ccccc2)CCC1. The normalized spacial score (nSPS) is 23.7. The molecule has 0 bridgehead atoms. The van der Waals surface area contributed by atoms with E-state index in [1.165, 1.54) is 57.2 Å². The number of hydrogen-bond acceptors (Lipinski definition) is 2. The van der Waals surface area contributed by atoms with Crippen molar-refractivity contribution in [3.63, 3.8) is 0 Å². The van der Waals surface area contributed by atoms with E-state index in [0.29, 0.717) is 6.04 Å². The first-order valence-corrected chi connectivity index (χ1v) is 7.36. The molecule has 0 radical (unpaired) electrons. The van der Waals surface area contributed by atoms with Gasteiger partial charge in [-0.2, -0.15) is 0 Å². The minimum absolute atomic E-state index is 0.432. The molecule has 1 fully saturated rings. The van der Waals surface area contributed by atoms with Crippen molar-refractivity contribution in [1.82, 2.24) is 4.90 Å². The molecule has 1 aromatic carbocycles. The summed E-state index contributed by atoms with van der Waals surface area (Å²) in [6.07, 6.45) is 7.61. The van der Waals surface area contributed by atoms with Gasteiger partial charge in [-0.1, -0.05) is 43.2 Å². The molecule has 0 amide bonds. The van der Waals surface area contributed by atoms with Gasteiger partial charge in [-0.05, 0) is 44.3 Å². The van der Waals surface area contributed by atoms with Crippen LogP contribution in [0.25, 0.3) is 0 Å². The summed E-state index contributed by atoms with van der Waals surface area (Å²) in [6, 6.07) is 11.2. The third-order valence-corrected chi connectivity index (χ3v) is 3.85. The predicted molar refractivity (Wildman–Crippen MR) is 77.4 cm³/mol. The highest BCUT2D eigenvalue weighted by molar-refractivity contribution is 5.14. The van der Waals surface area contributed by atoms with Crippen LogP contribution in [0.1, 0.15) is 44.1 Å². The molecule has 1 unspecified atom stereocenters. The second-order valence-corrected chi connectivity index (χ2v) is 5.51. The van der Waals surface area contributed by atoms with E-state index in [0.717, 1.165) is 6.54 Å². The van der Waals surface area contributed by atoms with E-state index in [1.54, 1.807) is 0 Å². The highest BCUT2D eigenvalue weighted by Gasteiger charge is 2.10. The average Bonchev–Trinajstić information content (AvgIpc) is 2.39. The topological polar surface area (TPSA) is 29.3 Å². The second kappa shape index (κ2) is 7.55. The van der Waals surface area contributed by atoms with Crippen molar-refractivity contribution in [3.8, 4) is 0 Å². The Kier molecular flexibility index (Phi) is 5.69. The molecule has 0 aliphatic carbocycles. The van der Waals surface area contributed by atoms with Gasteiger partial charge in [0.2, 0.25) is 0 Å². The van der Waals surface area contributed by atoms with E-state index in [1.807, 2.05) is 0 Å². The fourth-order valence-electron chi connectivity index (χ4n) is 2.75. The minimum Gasteiger partial charge on any atom is -0.328 e. The van der Waals surface area contributed by atoms with Gasteiger partial charge in [-0.25, -0.2) is 0 Å². The highest BCUT2D eigenvalue weighted by atomic mass is 15.1. The van der Waals surface area contributed by atoms with E-state index in [-0.39, 0.29) is 0 Å². The Morgan fingerprint density at radius 2 is 1.67 bits per heavy atom. The molecule has 1 aliphatic rings. The van der Waals surface area contributed by atoms with Crippen molar-refractivity contribution in [2.45, 2.75) is 51.1 Å². The van der Waals surface area contributed by atoms with Crippen LogP contribution in [0.15, 0.2) is 30.3 Å². The molecule has 2 rings (SSSR count). The lowest BCUT2D eigenvalue weighted by atomic mass is 10.0. The second-order valence-electron chi connectivity index (χ2n) is 5.51. The number of nitrogens with zero attached hydrogens (tertiary/aromatic N) is 1. The van der Waals surface area contributed by atoms with Crippen molar-refractivity contribution in [3.05, 3.63) is 35.9 Å². The number of hydrogen-bond donors (Lipinski definition) is 1. The maximum atomic E-state index is 6.10. The zero-order chi connectivity index (χ0) is 12.6. The average molecular weight is 246 g/mol. The summed E-state index contributed by atoms with van der Waals surface area (Å²) >= 11 is 0. The number of benzene rings is 1. The molecule has 18 heavy (non-hydrogen) atoms. The van der Waals surface area contributed by atoms with E-state index in [4.69, 9.17) is 5.73 Å². The molecule has 2 heteroatoms. The maximum absolute atomic E-state index is 6.10. The molecular formula is C16H26N2. The van der Waals surface area contributed by atoms with Gasteiger partial charge in [0.25, 0.3) is 0 Å². The Balaban J connectivity index is 1.85. The van der Waals surface area contributed by atoms with Crippen molar-refractivity contribution in [2.75, 3.05) is 13.1 Å². The summed E-state index contributed by atoms with van der Waals surface area (Å²) in [5.74, 6) is 0. The van der Waals surface area contributed by atoms with Gasteiger partial charge in [0.05, 0.1) is 0 Å². The fourth-order valence-corrected chi connectivity index (χ4v) is 2.75. The van der Waals surface area contributed by atoms with Crippen LogP contribution in [0, 0.1) is 0 Å². The van der Waals surface area contributed by atoms with Crippen LogP contribution in [-0.4, -0.2) is 24.0 Å². The Hall–Kier alpha value is -0.860. The molecule has 1 atom stereocenters. The van der Waals surface area contributed by atoms with Crippen molar-refractivity contribution < 1.29 is 0 Å². The standard InChI is InChI=1S/C16H26N2/c17-16-10-5-2-6-12-18(13-7-11-16)14-15-8-3-1-4-9-15/h1,3-4,8-9,16H,2,5-7,10-14,17H2. The molecule has 1 heterocycles. The Labute approximate surface area is 111 Å². The number of nitrogens with two attached hydrogens (primary N) is 1. The molecule has 1 aliphatic heterocycles. The zero-order valence-electron chi connectivity index (χ0n) is 11.4. The van der Waals surface area contributed by atoms with Crippen molar-refractivity contribution in [1.29, 1.82) is 0 Å². The van der Waals surface area contributed by atoms with E-state index < -0.39 is 0 Å². The predicted octanol–water partition coefficient (Wildman–Crippen LogP) is 3.17. The van der Waals surface area contributed by atoms with E-state index in [2.05, 4.69) is 35.2 Å². The Morgan fingerprint density at radius 3 is 2.50 bits per heavy atom. The van der Waals surface area contributed by atoms with Crippen LogP contribution < -0.4 is 5.73 Å². The molecule has 2 nitrogen and oxygen atoms in total. The Bertz CT molecular complexity index is 323. The lowest BCUT2D eigenvalue weighted by Gasteiger charge is -2.24. The zero-order valence-corrected chi connectivity index (χ0v) is 11.4. The molecule has 1 aromatic rings. The third kappa shape index (κ3) is 4.79. The molecule has 0 saturated carbocycles. The van der Waals surface area contributed by atoms with Gasteiger partial charge < -0.3 is 5.73 Å². The monoisotopic (exact) mass is 246 g/mol. The van der Waals surface area contributed by atoms with E-state index in [9.17, 15) is 0 Å². The summed E-state index contributed by atoms with van der Waals surface area (Å²) in [5, 5.41) is 0. The molecule has 1 saturated heterocycles. The first-order valence-electron chi connectivity index (χ1n) is 7.36. The summed E-state index contributed by atoms with van der Waals surface area (Å²) in [6.45, 7) is 3.53. The van der Waals surface area contributed by atoms with Crippen LogP contribution in [0.2, 0.25) is 0 Å². The van der Waals surface area contributed by atoms with Gasteiger partial charge in [0.1, 0.15) is 0 Å². The van der Waals surface area contributed by atoms with Crippen LogP contribution in [-0.2, 0) is 6.54 Å². The summed E-state index contributed by atoms with van der Waals surface area (Å²) < 4.78 is 0. The van der Waals surface area contributed by atoms with Crippen molar-refractivity contribution >= 4 is 0 Å². The van der Waals surface area contributed by atoms with Gasteiger partial charge in [-0.15, -0.1) is 0 Å². The van der Waals surface area contributed by atoms with Gasteiger partial charge >= 0.3 is 0 Å². The Morgan fingerprint density at radius 1 is 0.944 bits per heavy atom. The quantitative estimate of drug-likeness (QED) is 0.868. The van der Waals surface area contributed by atoms with Crippen LogP contribution in [0.5, 0.6) is 0 Å². The molecule has 0 aromatic heterocycles. The molecular weight excluding hydrogens is 220 g/mol. The number of rotatable bonds is 2. The van der Waals surface area contributed by atoms with Crippen molar-refractivity contribution in [2.24, 2.45) is 5.73 Å². The third-order valence-electron chi connectivity index (χ3n) is 3.85. The van der Waals surface area contributed by atoms with E-state index >= 15 is 0 Å². The maximum Gasteiger partial charge on any atom is 0.0233 e. The summed E-state index contributed by atoms with van der Waals surface area (Å²) in [7, 11) is 0. The smallest absolute Gasteiger partial charge is 0.0233 e. The van der Waals surface area contributed by atoms with Crippen LogP contribution in [0.3, 0.4) is 0 Å². The largest absolute Gasteiger partial charge is 0.328 e. The van der Waals surface area contributed by atoms with Crippen LogP contribution >= 0.6 is 0 Å². The first kappa shape index (κ1) is 13.6. The first-order chi connectivity index (χ1) is 8.84. The van der Waals surface area contributed by atoms with Gasteiger partial charge in [-0.3, -0.25) is 4.90 Å². The molecule has 2 N–H and O–H groups in total. The van der Waals surface area contributed by atoms with Crippen LogP contribution in [0.4, 0.5) is 0 Å². The summed E-state index contributed by atoms with van der Waals surface area (Å²) in [4.78, 5) is 2.59.